The number of rotatable bonds is 4. The zero-order chi connectivity index (χ0) is 14.0. The van der Waals surface area contributed by atoms with Crippen LogP contribution in [0.2, 0.25) is 0 Å². The maximum Gasteiger partial charge on any atom is 0.125 e. The molecule has 2 aromatic rings. The third-order valence-corrected chi connectivity index (χ3v) is 3.55. The molecule has 19 heavy (non-hydrogen) atoms. The number of aliphatic hydroxyl groups excluding tert-OH is 1. The zero-order valence-electron chi connectivity index (χ0n) is 11.2. The third kappa shape index (κ3) is 3.16. The van der Waals surface area contributed by atoms with Crippen molar-refractivity contribution in [2.45, 2.75) is 19.4 Å². The van der Waals surface area contributed by atoms with Crippen LogP contribution in [0.5, 0.6) is 5.75 Å². The highest BCUT2D eigenvalue weighted by atomic mass is 79.9. The Hall–Kier alpha value is -1.33. The second-order valence-electron chi connectivity index (χ2n) is 4.51. The lowest BCUT2D eigenvalue weighted by Crippen LogP contribution is -2.07. The van der Waals surface area contributed by atoms with E-state index < -0.39 is 6.10 Å². The molecule has 0 aliphatic heterocycles. The number of aromatic nitrogens is 2. The van der Waals surface area contributed by atoms with Crippen LogP contribution in [0, 0.1) is 6.92 Å². The summed E-state index contributed by atoms with van der Waals surface area (Å²) in [4.78, 5) is 0. The molecule has 5 heteroatoms. The van der Waals surface area contributed by atoms with Crippen molar-refractivity contribution < 1.29 is 9.84 Å². The minimum absolute atomic E-state index is 0.509. The van der Waals surface area contributed by atoms with E-state index in [0.29, 0.717) is 12.2 Å². The fourth-order valence-corrected chi connectivity index (χ4v) is 2.46. The molecular formula is C14H17BrN2O2. The van der Waals surface area contributed by atoms with Crippen LogP contribution in [0.1, 0.15) is 23.1 Å². The van der Waals surface area contributed by atoms with Gasteiger partial charge in [0.2, 0.25) is 0 Å². The molecule has 0 saturated carbocycles. The van der Waals surface area contributed by atoms with Gasteiger partial charge in [0.1, 0.15) is 5.75 Å². The normalized spacial score (nSPS) is 12.5. The predicted octanol–water partition coefficient (Wildman–Crippen LogP) is 2.78. The fraction of sp³-hybridized carbons (Fsp3) is 0.357. The van der Waals surface area contributed by atoms with Gasteiger partial charge >= 0.3 is 0 Å². The van der Waals surface area contributed by atoms with Crippen molar-refractivity contribution in [2.75, 3.05) is 7.11 Å². The number of aliphatic hydroxyl groups is 1. The average Bonchev–Trinajstić information content (AvgIpc) is 2.67. The van der Waals surface area contributed by atoms with Gasteiger partial charge in [-0.1, -0.05) is 22.0 Å². The second kappa shape index (κ2) is 5.75. The van der Waals surface area contributed by atoms with Gasteiger partial charge in [-0.2, -0.15) is 5.10 Å². The summed E-state index contributed by atoms with van der Waals surface area (Å²) in [5.74, 6) is 0.681. The van der Waals surface area contributed by atoms with E-state index in [1.54, 1.807) is 11.8 Å². The number of aryl methyl sites for hydroxylation is 2. The van der Waals surface area contributed by atoms with E-state index in [4.69, 9.17) is 4.74 Å². The Balaban J connectivity index is 2.24. The molecule has 0 aliphatic carbocycles. The molecule has 1 aromatic carbocycles. The van der Waals surface area contributed by atoms with Gasteiger partial charge in [0, 0.05) is 29.2 Å². The van der Waals surface area contributed by atoms with Crippen LogP contribution < -0.4 is 4.74 Å². The van der Waals surface area contributed by atoms with Crippen molar-refractivity contribution in [1.29, 1.82) is 0 Å². The number of ether oxygens (including phenoxy) is 1. The molecule has 0 saturated heterocycles. The fourth-order valence-electron chi connectivity index (χ4n) is 2.12. The lowest BCUT2D eigenvalue weighted by atomic mass is 10.0. The molecule has 102 valence electrons. The van der Waals surface area contributed by atoms with Gasteiger partial charge in [0.25, 0.3) is 0 Å². The van der Waals surface area contributed by atoms with E-state index in [-0.39, 0.29) is 0 Å². The average molecular weight is 325 g/mol. The number of nitrogens with zero attached hydrogens (tertiary/aromatic N) is 2. The van der Waals surface area contributed by atoms with E-state index >= 15 is 0 Å². The summed E-state index contributed by atoms with van der Waals surface area (Å²) in [7, 11) is 3.49. The van der Waals surface area contributed by atoms with E-state index in [1.807, 2.05) is 38.2 Å². The first-order valence-corrected chi connectivity index (χ1v) is 6.81. The summed E-state index contributed by atoms with van der Waals surface area (Å²) in [6, 6.07) is 7.61. The molecule has 1 N–H and O–H groups in total. The SMILES string of the molecule is COc1cc(Br)ccc1C(O)Cc1cc(C)nn1C. The van der Waals surface area contributed by atoms with Crippen LogP contribution in [0.15, 0.2) is 28.7 Å². The van der Waals surface area contributed by atoms with E-state index in [2.05, 4.69) is 21.0 Å². The van der Waals surface area contributed by atoms with E-state index in [0.717, 1.165) is 21.4 Å². The number of benzene rings is 1. The molecule has 0 fully saturated rings. The lowest BCUT2D eigenvalue weighted by Gasteiger charge is -2.15. The molecule has 1 atom stereocenters. The van der Waals surface area contributed by atoms with Gasteiger partial charge in [0.15, 0.2) is 0 Å². The number of methoxy groups -OCH3 is 1. The zero-order valence-corrected chi connectivity index (χ0v) is 12.8. The lowest BCUT2D eigenvalue weighted by molar-refractivity contribution is 0.171. The smallest absolute Gasteiger partial charge is 0.125 e. The topological polar surface area (TPSA) is 47.3 Å². The van der Waals surface area contributed by atoms with Crippen molar-refractivity contribution in [3.63, 3.8) is 0 Å². The molecule has 4 nitrogen and oxygen atoms in total. The maximum absolute atomic E-state index is 10.4. The van der Waals surface area contributed by atoms with Gasteiger partial charge < -0.3 is 9.84 Å². The van der Waals surface area contributed by atoms with E-state index in [1.165, 1.54) is 0 Å². The summed E-state index contributed by atoms with van der Waals surface area (Å²) in [5.41, 5.74) is 2.73. The summed E-state index contributed by atoms with van der Waals surface area (Å²) >= 11 is 3.39. The number of hydrogen-bond acceptors (Lipinski definition) is 3. The first kappa shape index (κ1) is 14.1. The largest absolute Gasteiger partial charge is 0.496 e. The van der Waals surface area contributed by atoms with Gasteiger partial charge in [-0.15, -0.1) is 0 Å². The highest BCUT2D eigenvalue weighted by Crippen LogP contribution is 2.30. The van der Waals surface area contributed by atoms with Crippen molar-refractivity contribution in [2.24, 2.45) is 7.05 Å². The maximum atomic E-state index is 10.4. The summed E-state index contributed by atoms with van der Waals surface area (Å²) in [6.07, 6.45) is -0.104. The first-order valence-electron chi connectivity index (χ1n) is 6.02. The molecule has 1 unspecified atom stereocenters. The monoisotopic (exact) mass is 324 g/mol. The molecule has 0 spiro atoms. The molecule has 1 heterocycles. The molecule has 2 rings (SSSR count). The number of halogens is 1. The van der Waals surface area contributed by atoms with Gasteiger partial charge in [-0.25, -0.2) is 0 Å². The van der Waals surface area contributed by atoms with Crippen LogP contribution in [0.4, 0.5) is 0 Å². The molecule has 0 aliphatic rings. The standard InChI is InChI=1S/C14H17BrN2O2/c1-9-6-11(17(2)16-9)8-13(18)12-5-4-10(15)7-14(12)19-3/h4-7,13,18H,8H2,1-3H3. The molecule has 1 aromatic heterocycles. The Morgan fingerprint density at radius 3 is 2.74 bits per heavy atom. The Kier molecular flexibility index (Phi) is 4.27. The van der Waals surface area contributed by atoms with Crippen LogP contribution in [0.3, 0.4) is 0 Å². The van der Waals surface area contributed by atoms with Crippen LogP contribution >= 0.6 is 15.9 Å². The number of hydrogen-bond donors (Lipinski definition) is 1. The third-order valence-electron chi connectivity index (χ3n) is 3.06. The Morgan fingerprint density at radius 1 is 1.42 bits per heavy atom. The van der Waals surface area contributed by atoms with E-state index in [9.17, 15) is 5.11 Å². The highest BCUT2D eigenvalue weighted by molar-refractivity contribution is 9.10. The van der Waals surface area contributed by atoms with Crippen LogP contribution in [-0.4, -0.2) is 22.0 Å². The van der Waals surface area contributed by atoms with Crippen molar-refractivity contribution >= 4 is 15.9 Å². The van der Waals surface area contributed by atoms with Crippen LogP contribution in [0.25, 0.3) is 0 Å². The van der Waals surface area contributed by atoms with Crippen molar-refractivity contribution in [1.82, 2.24) is 9.78 Å². The summed E-state index contributed by atoms with van der Waals surface area (Å²) in [5, 5.41) is 14.7. The van der Waals surface area contributed by atoms with Crippen LogP contribution in [-0.2, 0) is 13.5 Å². The van der Waals surface area contributed by atoms with Crippen molar-refractivity contribution in [3.05, 3.63) is 45.7 Å². The van der Waals surface area contributed by atoms with Crippen molar-refractivity contribution in [3.8, 4) is 5.75 Å². The molecule has 0 radical (unpaired) electrons. The molecule has 0 bridgehead atoms. The molecular weight excluding hydrogens is 308 g/mol. The van der Waals surface area contributed by atoms with Gasteiger partial charge in [0.05, 0.1) is 18.9 Å². The predicted molar refractivity (Wildman–Crippen MR) is 77.3 cm³/mol. The Bertz CT molecular complexity index is 581. The van der Waals surface area contributed by atoms with Gasteiger partial charge in [-0.3, -0.25) is 4.68 Å². The Labute approximate surface area is 121 Å². The quantitative estimate of drug-likeness (QED) is 0.940. The highest BCUT2D eigenvalue weighted by Gasteiger charge is 2.16. The Morgan fingerprint density at radius 2 is 2.16 bits per heavy atom. The minimum Gasteiger partial charge on any atom is -0.496 e. The summed E-state index contributed by atoms with van der Waals surface area (Å²) < 4.78 is 8.03. The van der Waals surface area contributed by atoms with Gasteiger partial charge in [-0.05, 0) is 25.1 Å². The first-order chi connectivity index (χ1) is 9.01. The summed E-state index contributed by atoms with van der Waals surface area (Å²) in [6.45, 7) is 1.94. The second-order valence-corrected chi connectivity index (χ2v) is 5.42. The molecule has 0 amide bonds. The minimum atomic E-state index is -0.613.